The average Bonchev–Trinajstić information content (AvgIpc) is 2.85. The number of rotatable bonds is 9. The number of para-hydroxylation sites is 2. The molecule has 4 aromatic rings. The van der Waals surface area contributed by atoms with E-state index < -0.39 is 15.9 Å². The summed E-state index contributed by atoms with van der Waals surface area (Å²) in [6, 6.07) is 18.6. The fraction of sp³-hybridized carbons (Fsp3) is 0.125. The van der Waals surface area contributed by atoms with Gasteiger partial charge in [-0.3, -0.25) is 9.52 Å². The quantitative estimate of drug-likeness (QED) is 0.275. The first-order chi connectivity index (χ1) is 17.2. The second kappa shape index (κ2) is 10.4. The number of likely N-dealkylation sites (N-methyl/N-ethyl adjacent to an activating group) is 1. The van der Waals surface area contributed by atoms with Crippen molar-refractivity contribution in [3.8, 4) is 5.75 Å². The van der Waals surface area contributed by atoms with Crippen molar-refractivity contribution < 1.29 is 17.9 Å². The molecule has 0 saturated carbocycles. The van der Waals surface area contributed by atoms with E-state index in [2.05, 4.69) is 35.9 Å². The number of benzene rings is 3. The van der Waals surface area contributed by atoms with Crippen LogP contribution in [0.4, 0.5) is 23.0 Å². The molecular formula is C24H23BrN6O4S. The standard InChI is InChI=1S/C24H23BrN6O4S/c1-31(14-22(26)32)15-6-5-7-17(12-15)36(33,34)30-24-23(27-19-8-3-4-9-20(19)28-24)29-21-13-16(35-2)10-11-18(21)25/h3-13H,14H2,1-2H3,(H2,26,32)(H,27,29)(H,28,30). The van der Waals surface area contributed by atoms with Crippen molar-refractivity contribution in [3.63, 3.8) is 0 Å². The normalized spacial score (nSPS) is 11.2. The maximum atomic E-state index is 13.4. The average molecular weight is 571 g/mol. The van der Waals surface area contributed by atoms with Gasteiger partial charge >= 0.3 is 0 Å². The van der Waals surface area contributed by atoms with E-state index in [1.165, 1.54) is 12.1 Å². The van der Waals surface area contributed by atoms with Gasteiger partial charge in [-0.15, -0.1) is 0 Å². The number of aromatic nitrogens is 2. The lowest BCUT2D eigenvalue weighted by Crippen LogP contribution is -2.30. The molecule has 0 saturated heterocycles. The second-order valence-corrected chi connectivity index (χ2v) is 10.3. The maximum absolute atomic E-state index is 13.4. The zero-order valence-corrected chi connectivity index (χ0v) is 21.8. The zero-order valence-electron chi connectivity index (χ0n) is 19.4. The number of nitrogens with two attached hydrogens (primary N) is 1. The van der Waals surface area contributed by atoms with E-state index in [-0.39, 0.29) is 23.1 Å². The van der Waals surface area contributed by atoms with Crippen LogP contribution in [0, 0.1) is 0 Å². The molecule has 0 unspecified atom stereocenters. The minimum absolute atomic E-state index is 0.0133. The van der Waals surface area contributed by atoms with Gasteiger partial charge in [0, 0.05) is 23.3 Å². The molecule has 0 spiro atoms. The third-order valence-corrected chi connectivity index (χ3v) is 7.22. The summed E-state index contributed by atoms with van der Waals surface area (Å²) in [5.41, 5.74) is 7.48. The number of hydrogen-bond acceptors (Lipinski definition) is 8. The molecule has 0 radical (unpaired) electrons. The van der Waals surface area contributed by atoms with Gasteiger partial charge in [0.1, 0.15) is 5.75 Å². The number of nitrogens with zero attached hydrogens (tertiary/aromatic N) is 3. The number of hydrogen-bond donors (Lipinski definition) is 3. The summed E-state index contributed by atoms with van der Waals surface area (Å²) in [4.78, 5) is 21.9. The lowest BCUT2D eigenvalue weighted by molar-refractivity contribution is -0.116. The predicted molar refractivity (Wildman–Crippen MR) is 143 cm³/mol. The zero-order chi connectivity index (χ0) is 25.9. The summed E-state index contributed by atoms with van der Waals surface area (Å²) in [5.74, 6) is 0.288. The van der Waals surface area contributed by atoms with Gasteiger partial charge in [0.25, 0.3) is 10.0 Å². The van der Waals surface area contributed by atoms with Crippen molar-refractivity contribution in [2.45, 2.75) is 4.90 Å². The number of halogens is 1. The number of nitrogens with one attached hydrogen (secondary N) is 2. The molecule has 4 rings (SSSR count). The van der Waals surface area contributed by atoms with Crippen LogP contribution in [-0.4, -0.2) is 45.0 Å². The lowest BCUT2D eigenvalue weighted by Gasteiger charge is -2.19. The Bertz CT molecular complexity index is 1550. The largest absolute Gasteiger partial charge is 0.497 e. The van der Waals surface area contributed by atoms with Crippen molar-refractivity contribution in [3.05, 3.63) is 71.2 Å². The minimum Gasteiger partial charge on any atom is -0.497 e. The Balaban J connectivity index is 1.74. The van der Waals surface area contributed by atoms with Crippen molar-refractivity contribution >= 4 is 65.9 Å². The van der Waals surface area contributed by atoms with Gasteiger partial charge in [0.2, 0.25) is 5.91 Å². The molecule has 1 aromatic heterocycles. The van der Waals surface area contributed by atoms with Crippen LogP contribution in [0.15, 0.2) is 76.1 Å². The Kier molecular flexibility index (Phi) is 7.27. The van der Waals surface area contributed by atoms with E-state index >= 15 is 0 Å². The van der Waals surface area contributed by atoms with Gasteiger partial charge < -0.3 is 20.7 Å². The fourth-order valence-electron chi connectivity index (χ4n) is 3.41. The highest BCUT2D eigenvalue weighted by molar-refractivity contribution is 9.10. The summed E-state index contributed by atoms with van der Waals surface area (Å²) >= 11 is 3.49. The molecule has 1 amide bonds. The number of sulfonamides is 1. The smallest absolute Gasteiger partial charge is 0.263 e. The first-order valence-corrected chi connectivity index (χ1v) is 12.9. The Morgan fingerprint density at radius 1 is 1.03 bits per heavy atom. The second-order valence-electron chi connectivity index (χ2n) is 7.81. The van der Waals surface area contributed by atoms with Gasteiger partial charge in [-0.2, -0.15) is 0 Å². The Morgan fingerprint density at radius 3 is 2.39 bits per heavy atom. The molecule has 0 aliphatic rings. The Labute approximate surface area is 216 Å². The van der Waals surface area contributed by atoms with Crippen molar-refractivity contribution in [2.24, 2.45) is 5.73 Å². The van der Waals surface area contributed by atoms with Crippen molar-refractivity contribution in [1.82, 2.24) is 9.97 Å². The van der Waals surface area contributed by atoms with E-state index in [1.54, 1.807) is 67.6 Å². The molecule has 1 heterocycles. The highest BCUT2D eigenvalue weighted by atomic mass is 79.9. The first-order valence-electron chi connectivity index (χ1n) is 10.7. The van der Waals surface area contributed by atoms with Gasteiger partial charge in [-0.25, -0.2) is 18.4 Å². The highest BCUT2D eigenvalue weighted by Crippen LogP contribution is 2.33. The number of methoxy groups -OCH3 is 1. The molecule has 12 heteroatoms. The number of fused-ring (bicyclic) bond motifs is 1. The van der Waals surface area contributed by atoms with Gasteiger partial charge in [0.05, 0.1) is 35.3 Å². The number of ether oxygens (including phenoxy) is 1. The van der Waals surface area contributed by atoms with Crippen LogP contribution < -0.4 is 25.4 Å². The molecule has 4 N–H and O–H groups in total. The summed E-state index contributed by atoms with van der Waals surface area (Å²) in [7, 11) is -0.877. The molecule has 3 aromatic carbocycles. The number of amides is 1. The van der Waals surface area contributed by atoms with Crippen LogP contribution >= 0.6 is 15.9 Å². The highest BCUT2D eigenvalue weighted by Gasteiger charge is 2.21. The van der Waals surface area contributed by atoms with E-state index in [4.69, 9.17) is 10.5 Å². The summed E-state index contributed by atoms with van der Waals surface area (Å²) < 4.78 is 35.3. The van der Waals surface area contributed by atoms with Crippen LogP contribution in [0.3, 0.4) is 0 Å². The molecular weight excluding hydrogens is 548 g/mol. The lowest BCUT2D eigenvalue weighted by atomic mass is 10.3. The number of carbonyl (C=O) groups is 1. The number of primary amides is 1. The molecule has 10 nitrogen and oxygen atoms in total. The van der Waals surface area contributed by atoms with Gasteiger partial charge in [0.15, 0.2) is 11.6 Å². The summed E-state index contributed by atoms with van der Waals surface area (Å²) in [6.07, 6.45) is 0. The number of anilines is 4. The summed E-state index contributed by atoms with van der Waals surface area (Å²) in [6.45, 7) is -0.0590. The monoisotopic (exact) mass is 570 g/mol. The molecule has 0 bridgehead atoms. The fourth-order valence-corrected chi connectivity index (χ4v) is 4.81. The van der Waals surface area contributed by atoms with E-state index in [9.17, 15) is 13.2 Å². The third kappa shape index (κ3) is 5.66. The Hall–Kier alpha value is -3.90. The minimum atomic E-state index is -4.08. The summed E-state index contributed by atoms with van der Waals surface area (Å²) in [5, 5.41) is 3.15. The van der Waals surface area contributed by atoms with Gasteiger partial charge in [-0.05, 0) is 58.4 Å². The van der Waals surface area contributed by atoms with Gasteiger partial charge in [-0.1, -0.05) is 18.2 Å². The third-order valence-electron chi connectivity index (χ3n) is 5.19. The Morgan fingerprint density at radius 2 is 1.72 bits per heavy atom. The molecule has 36 heavy (non-hydrogen) atoms. The molecule has 0 aliphatic carbocycles. The first kappa shape index (κ1) is 25.2. The van der Waals surface area contributed by atoms with Crippen LogP contribution in [0.2, 0.25) is 0 Å². The van der Waals surface area contributed by atoms with E-state index in [0.717, 1.165) is 4.47 Å². The van der Waals surface area contributed by atoms with E-state index in [0.29, 0.717) is 28.2 Å². The van der Waals surface area contributed by atoms with Crippen LogP contribution in [0.1, 0.15) is 0 Å². The topological polar surface area (TPSA) is 140 Å². The van der Waals surface area contributed by atoms with Crippen LogP contribution in [0.5, 0.6) is 5.75 Å². The molecule has 0 fully saturated rings. The van der Waals surface area contributed by atoms with Crippen LogP contribution in [0.25, 0.3) is 11.0 Å². The SMILES string of the molecule is COc1ccc(Br)c(Nc2nc3ccccc3nc2NS(=O)(=O)c2cccc(N(C)CC(N)=O)c2)c1. The van der Waals surface area contributed by atoms with Crippen LogP contribution in [-0.2, 0) is 14.8 Å². The molecule has 186 valence electrons. The molecule has 0 aliphatic heterocycles. The van der Waals surface area contributed by atoms with Crippen molar-refractivity contribution in [1.29, 1.82) is 0 Å². The van der Waals surface area contributed by atoms with Crippen molar-refractivity contribution in [2.75, 3.05) is 35.6 Å². The number of carbonyl (C=O) groups excluding carboxylic acids is 1. The predicted octanol–water partition coefficient (Wildman–Crippen LogP) is 3.87. The molecule has 0 atom stereocenters. The maximum Gasteiger partial charge on any atom is 0.263 e. The van der Waals surface area contributed by atoms with E-state index in [1.807, 2.05) is 6.07 Å².